The molecular weight excluding hydrogens is 288 g/mol. The molecule has 0 amide bonds. The minimum absolute atomic E-state index is 0.0535. The van der Waals surface area contributed by atoms with Gasteiger partial charge in [0.15, 0.2) is 0 Å². The first-order valence-electron chi connectivity index (χ1n) is 7.83. The van der Waals surface area contributed by atoms with Crippen LogP contribution in [0.3, 0.4) is 0 Å². The minimum Gasteiger partial charge on any atom is -0.500 e. The van der Waals surface area contributed by atoms with Gasteiger partial charge in [-0.2, -0.15) is 0 Å². The normalized spacial score (nSPS) is 13.7. The lowest BCUT2D eigenvalue weighted by atomic mass is 9.98. The number of aromatic amines is 1. The molecule has 120 valence electrons. The Labute approximate surface area is 135 Å². The van der Waals surface area contributed by atoms with Crippen LogP contribution in [0.2, 0.25) is 0 Å². The number of benzene rings is 1. The number of nitrogens with one attached hydrogen (secondary N) is 1. The summed E-state index contributed by atoms with van der Waals surface area (Å²) in [4.78, 5) is 17.1. The number of pyridine rings is 1. The van der Waals surface area contributed by atoms with Crippen molar-refractivity contribution in [2.24, 2.45) is 0 Å². The molecule has 0 atom stereocenters. The zero-order valence-corrected chi connectivity index (χ0v) is 13.8. The highest BCUT2D eigenvalue weighted by atomic mass is 16.5. The molecule has 1 N–H and O–H groups in total. The van der Waals surface area contributed by atoms with E-state index < -0.39 is 0 Å². The number of rotatable bonds is 4. The maximum atomic E-state index is 12.1. The molecule has 1 aromatic heterocycles. The van der Waals surface area contributed by atoms with Crippen LogP contribution in [0.25, 0.3) is 23.0 Å². The molecule has 23 heavy (non-hydrogen) atoms. The fourth-order valence-electron chi connectivity index (χ4n) is 3.10. The number of methoxy groups -OCH3 is 1. The second-order valence-electron chi connectivity index (χ2n) is 6.12. The molecule has 0 aliphatic heterocycles. The van der Waals surface area contributed by atoms with Gasteiger partial charge in [0.1, 0.15) is 5.76 Å². The quantitative estimate of drug-likeness (QED) is 0.929. The fourth-order valence-corrected chi connectivity index (χ4v) is 3.10. The number of hydrogen-bond acceptors (Lipinski definition) is 3. The zero-order chi connectivity index (χ0) is 16.4. The number of H-pyrrole nitrogens is 1. The van der Waals surface area contributed by atoms with E-state index in [4.69, 9.17) is 4.74 Å². The molecule has 0 saturated heterocycles. The Kier molecular flexibility index (Phi) is 4.35. The van der Waals surface area contributed by atoms with Gasteiger partial charge in [-0.15, -0.1) is 0 Å². The lowest BCUT2D eigenvalue weighted by molar-refractivity contribution is 0.348. The van der Waals surface area contributed by atoms with Crippen molar-refractivity contribution in [2.75, 3.05) is 21.2 Å². The molecule has 1 aromatic carbocycles. The van der Waals surface area contributed by atoms with E-state index >= 15 is 0 Å². The summed E-state index contributed by atoms with van der Waals surface area (Å²) >= 11 is 0. The van der Waals surface area contributed by atoms with Crippen molar-refractivity contribution in [3.05, 3.63) is 56.8 Å². The molecule has 0 spiro atoms. The first-order valence-corrected chi connectivity index (χ1v) is 7.83. The third-order valence-corrected chi connectivity index (χ3v) is 4.14. The molecule has 0 saturated carbocycles. The van der Waals surface area contributed by atoms with Gasteiger partial charge >= 0.3 is 0 Å². The van der Waals surface area contributed by atoms with Crippen molar-refractivity contribution in [2.45, 2.75) is 19.4 Å². The van der Waals surface area contributed by atoms with Crippen LogP contribution in [-0.4, -0.2) is 31.1 Å². The molecule has 0 bridgehead atoms. The van der Waals surface area contributed by atoms with E-state index in [9.17, 15) is 4.79 Å². The summed E-state index contributed by atoms with van der Waals surface area (Å²) in [5, 5.41) is 1.66. The monoisotopic (exact) mass is 310 g/mol. The predicted octanol–water partition coefficient (Wildman–Crippen LogP) is 1.43. The third-order valence-electron chi connectivity index (χ3n) is 4.14. The number of nitrogens with zero attached hydrogens (tertiary/aromatic N) is 1. The zero-order valence-electron chi connectivity index (χ0n) is 13.8. The van der Waals surface area contributed by atoms with Crippen molar-refractivity contribution < 1.29 is 4.74 Å². The summed E-state index contributed by atoms with van der Waals surface area (Å²) < 4.78 is 5.55. The van der Waals surface area contributed by atoms with Crippen molar-refractivity contribution in [1.29, 1.82) is 0 Å². The Morgan fingerprint density at radius 1 is 1.22 bits per heavy atom. The Hall–Kier alpha value is -2.33. The van der Waals surface area contributed by atoms with Gasteiger partial charge in [0.05, 0.1) is 7.11 Å². The molecule has 3 rings (SSSR count). The molecule has 2 aromatic rings. The van der Waals surface area contributed by atoms with Gasteiger partial charge in [-0.3, -0.25) is 4.79 Å². The first kappa shape index (κ1) is 15.6. The molecule has 0 fully saturated rings. The Morgan fingerprint density at radius 3 is 2.61 bits per heavy atom. The molecule has 4 heteroatoms. The highest BCUT2D eigenvalue weighted by Crippen LogP contribution is 2.18. The van der Waals surface area contributed by atoms with Gasteiger partial charge in [0.2, 0.25) is 0 Å². The number of hydrogen-bond donors (Lipinski definition) is 1. The van der Waals surface area contributed by atoms with E-state index in [-0.39, 0.29) is 5.56 Å². The average Bonchev–Trinajstić information content (AvgIpc) is 2.55. The Morgan fingerprint density at radius 2 is 1.96 bits per heavy atom. The standard InChI is InChI=1S/C19H22N2O2/c1-21(2)12-13-7-9-14(10-8-13)16-11-20-19(22)15-5-4-6-17(23-3)18(15)16/h5,7-11H,4,6,12H2,1-3H3,(H,20,22). The lowest BCUT2D eigenvalue weighted by Crippen LogP contribution is -2.44. The fraction of sp³-hybridized carbons (Fsp3) is 0.316. The van der Waals surface area contributed by atoms with Gasteiger partial charge in [0, 0.05) is 35.2 Å². The van der Waals surface area contributed by atoms with E-state index in [0.29, 0.717) is 0 Å². The number of fused-ring (bicyclic) bond motifs is 1. The van der Waals surface area contributed by atoms with Crippen LogP contribution >= 0.6 is 0 Å². The molecule has 0 radical (unpaired) electrons. The van der Waals surface area contributed by atoms with E-state index in [1.807, 2.05) is 6.08 Å². The van der Waals surface area contributed by atoms with Crippen LogP contribution in [0, 0.1) is 0 Å². The van der Waals surface area contributed by atoms with Crippen LogP contribution < -0.4 is 16.0 Å². The Balaban J connectivity index is 2.17. The van der Waals surface area contributed by atoms with Gasteiger partial charge in [-0.1, -0.05) is 30.3 Å². The summed E-state index contributed by atoms with van der Waals surface area (Å²) in [5.74, 6) is 0.890. The lowest BCUT2D eigenvalue weighted by Gasteiger charge is -2.14. The maximum absolute atomic E-state index is 12.1. The summed E-state index contributed by atoms with van der Waals surface area (Å²) in [6, 6.07) is 8.47. The van der Waals surface area contributed by atoms with E-state index in [0.717, 1.165) is 46.7 Å². The van der Waals surface area contributed by atoms with Crippen molar-refractivity contribution in [3.8, 4) is 11.1 Å². The Bertz CT molecular complexity index is 877. The number of ether oxygens (including phenoxy) is 1. The molecule has 4 nitrogen and oxygen atoms in total. The molecular formula is C19H22N2O2. The molecule has 1 aliphatic carbocycles. The smallest absolute Gasteiger partial charge is 0.255 e. The van der Waals surface area contributed by atoms with Crippen molar-refractivity contribution in [1.82, 2.24) is 9.88 Å². The second-order valence-corrected chi connectivity index (χ2v) is 6.12. The largest absolute Gasteiger partial charge is 0.500 e. The van der Waals surface area contributed by atoms with Gasteiger partial charge in [-0.05, 0) is 31.6 Å². The van der Waals surface area contributed by atoms with Crippen molar-refractivity contribution in [3.63, 3.8) is 0 Å². The van der Waals surface area contributed by atoms with Gasteiger partial charge < -0.3 is 14.6 Å². The van der Waals surface area contributed by atoms with Crippen LogP contribution in [0.4, 0.5) is 0 Å². The molecule has 0 unspecified atom stereocenters. The van der Waals surface area contributed by atoms with E-state index in [2.05, 4.69) is 48.2 Å². The van der Waals surface area contributed by atoms with Gasteiger partial charge in [-0.25, -0.2) is 0 Å². The third kappa shape index (κ3) is 3.08. The average molecular weight is 310 g/mol. The summed E-state index contributed by atoms with van der Waals surface area (Å²) in [5.41, 5.74) is 3.32. The second kappa shape index (κ2) is 6.42. The van der Waals surface area contributed by atoms with Gasteiger partial charge in [0.25, 0.3) is 5.56 Å². The summed E-state index contributed by atoms with van der Waals surface area (Å²) in [7, 11) is 5.79. The maximum Gasteiger partial charge on any atom is 0.255 e. The van der Waals surface area contributed by atoms with Crippen molar-refractivity contribution >= 4 is 11.8 Å². The molecule has 1 heterocycles. The first-order chi connectivity index (χ1) is 11.1. The summed E-state index contributed by atoms with van der Waals surface area (Å²) in [6.45, 7) is 0.910. The SMILES string of the molecule is COC1=c2c(-c3ccc(CN(C)C)cc3)c[nH]c(=O)c2=CCC1. The predicted molar refractivity (Wildman–Crippen MR) is 93.3 cm³/mol. The minimum atomic E-state index is -0.0535. The van der Waals surface area contributed by atoms with Crippen LogP contribution in [-0.2, 0) is 11.3 Å². The summed E-state index contributed by atoms with van der Waals surface area (Å²) in [6.07, 6.45) is 5.46. The number of aromatic nitrogens is 1. The molecule has 1 aliphatic rings. The van der Waals surface area contributed by atoms with Crippen LogP contribution in [0.1, 0.15) is 18.4 Å². The van der Waals surface area contributed by atoms with E-state index in [1.54, 1.807) is 13.3 Å². The van der Waals surface area contributed by atoms with Crippen LogP contribution in [0.15, 0.2) is 35.3 Å². The topological polar surface area (TPSA) is 45.3 Å². The van der Waals surface area contributed by atoms with E-state index in [1.165, 1.54) is 5.56 Å². The highest BCUT2D eigenvalue weighted by molar-refractivity contribution is 5.67. The highest BCUT2D eigenvalue weighted by Gasteiger charge is 2.12. The van der Waals surface area contributed by atoms with Crippen LogP contribution in [0.5, 0.6) is 0 Å².